The zero-order valence-corrected chi connectivity index (χ0v) is 25.0. The number of carbonyl (C=O) groups is 3. The van der Waals surface area contributed by atoms with Gasteiger partial charge >= 0.3 is 16.1 Å². The molecule has 5 rings (SSSR count). The number of rotatable bonds is 11. The number of ether oxygens (including phenoxy) is 1. The molecule has 0 radical (unpaired) electrons. The normalized spacial score (nSPS) is 17.5. The Morgan fingerprint density at radius 1 is 1.02 bits per heavy atom. The fourth-order valence-corrected chi connectivity index (χ4v) is 7.28. The lowest BCUT2D eigenvalue weighted by Gasteiger charge is -2.44. The van der Waals surface area contributed by atoms with Gasteiger partial charge in [-0.05, 0) is 62.8 Å². The molecule has 1 heterocycles. The Balaban J connectivity index is 1.71. The standard InChI is InChI=1S/C33H35NO8S/c1-3-10-21-19-22(20-28(41-4-2)33(21)42-43(39,40)23-11-6-5-7-12-23)30-31-24(13-8-15-26(31)35)34(18-17-29(37)38)25-14-9-16-27(36)32(25)30/h3,5-7,11-12,19-20,30H,1,4,8-10,13-18H2,2H3,(H,37,38). The SMILES string of the molecule is C=CCc1cc(C2C3=C(CCCC3=O)N(CCC(=O)O)C3=C2C(=O)CCC3)cc(OCC)c1OS(=O)(=O)c1ccccc1. The Morgan fingerprint density at radius 3 is 2.21 bits per heavy atom. The van der Waals surface area contributed by atoms with Gasteiger partial charge in [-0.15, -0.1) is 6.58 Å². The van der Waals surface area contributed by atoms with Gasteiger partial charge in [-0.25, -0.2) is 0 Å². The van der Waals surface area contributed by atoms with Crippen molar-refractivity contribution in [1.82, 2.24) is 4.90 Å². The summed E-state index contributed by atoms with van der Waals surface area (Å²) in [5, 5.41) is 9.44. The maximum atomic E-state index is 13.6. The number of aliphatic carboxylic acids is 1. The first kappa shape index (κ1) is 30.3. The van der Waals surface area contributed by atoms with Crippen LogP contribution in [0.3, 0.4) is 0 Å². The maximum Gasteiger partial charge on any atom is 0.339 e. The predicted molar refractivity (Wildman–Crippen MR) is 159 cm³/mol. The number of ketones is 2. The summed E-state index contributed by atoms with van der Waals surface area (Å²) in [6.45, 7) is 6.00. The van der Waals surface area contributed by atoms with Crippen LogP contribution < -0.4 is 8.92 Å². The van der Waals surface area contributed by atoms with Crippen molar-refractivity contribution < 1.29 is 36.8 Å². The third-order valence-electron chi connectivity index (χ3n) is 8.01. The third-order valence-corrected chi connectivity index (χ3v) is 9.25. The highest BCUT2D eigenvalue weighted by atomic mass is 32.2. The molecule has 3 aliphatic rings. The van der Waals surface area contributed by atoms with Crippen LogP contribution in [0.15, 0.2) is 82.6 Å². The number of hydrogen-bond acceptors (Lipinski definition) is 8. The molecule has 0 atom stereocenters. The summed E-state index contributed by atoms with van der Waals surface area (Å²) in [6, 6.07) is 11.3. The van der Waals surface area contributed by atoms with Crippen LogP contribution in [0.4, 0.5) is 0 Å². The second-order valence-electron chi connectivity index (χ2n) is 10.8. The minimum atomic E-state index is -4.20. The molecule has 10 heteroatoms. The molecule has 0 unspecified atom stereocenters. The molecule has 9 nitrogen and oxygen atoms in total. The molecule has 0 amide bonds. The molecule has 1 N–H and O–H groups in total. The van der Waals surface area contributed by atoms with E-state index < -0.39 is 22.0 Å². The molecule has 0 saturated heterocycles. The molecule has 226 valence electrons. The summed E-state index contributed by atoms with van der Waals surface area (Å²) in [4.78, 5) is 40.7. The fourth-order valence-electron chi connectivity index (χ4n) is 6.29. The van der Waals surface area contributed by atoms with Gasteiger partial charge in [0.2, 0.25) is 0 Å². The van der Waals surface area contributed by atoms with E-state index in [9.17, 15) is 27.9 Å². The number of Topliss-reactive ketones (excluding diaryl/α,β-unsaturated/α-hetero) is 2. The lowest BCUT2D eigenvalue weighted by molar-refractivity contribution is -0.137. The Kier molecular flexibility index (Phi) is 8.87. The van der Waals surface area contributed by atoms with E-state index in [0.717, 1.165) is 11.4 Å². The monoisotopic (exact) mass is 605 g/mol. The summed E-state index contributed by atoms with van der Waals surface area (Å²) >= 11 is 0. The van der Waals surface area contributed by atoms with Gasteiger partial charge in [-0.3, -0.25) is 14.4 Å². The topological polar surface area (TPSA) is 127 Å². The van der Waals surface area contributed by atoms with Crippen molar-refractivity contribution in [3.05, 3.63) is 88.8 Å². The molecular weight excluding hydrogens is 570 g/mol. The molecule has 0 saturated carbocycles. The molecule has 0 aromatic heterocycles. The number of hydrogen-bond donors (Lipinski definition) is 1. The van der Waals surface area contributed by atoms with Crippen LogP contribution in [0, 0.1) is 0 Å². The lowest BCUT2D eigenvalue weighted by Crippen LogP contribution is -2.40. The van der Waals surface area contributed by atoms with Gasteiger partial charge in [-0.1, -0.05) is 30.3 Å². The summed E-state index contributed by atoms with van der Waals surface area (Å²) < 4.78 is 38.2. The fraction of sp³-hybridized carbons (Fsp3) is 0.364. The quantitative estimate of drug-likeness (QED) is 0.262. The molecular formula is C33H35NO8S. The molecule has 2 aliphatic carbocycles. The maximum absolute atomic E-state index is 13.6. The Labute approximate surface area is 251 Å². The molecule has 1 aliphatic heterocycles. The molecule has 0 fully saturated rings. The Morgan fingerprint density at radius 2 is 1.65 bits per heavy atom. The van der Waals surface area contributed by atoms with Gasteiger partial charge in [0.05, 0.1) is 13.0 Å². The number of allylic oxidation sites excluding steroid dienone is 5. The number of benzene rings is 2. The highest BCUT2D eigenvalue weighted by Gasteiger charge is 2.43. The van der Waals surface area contributed by atoms with E-state index in [1.54, 1.807) is 43.3 Å². The second kappa shape index (κ2) is 12.6. The predicted octanol–water partition coefficient (Wildman–Crippen LogP) is 5.47. The van der Waals surface area contributed by atoms with Crippen LogP contribution in [-0.4, -0.2) is 49.1 Å². The molecule has 0 spiro atoms. The number of nitrogens with zero attached hydrogens (tertiary/aromatic N) is 1. The van der Waals surface area contributed by atoms with E-state index in [-0.39, 0.29) is 54.0 Å². The summed E-state index contributed by atoms with van der Waals surface area (Å²) in [7, 11) is -4.20. The van der Waals surface area contributed by atoms with Crippen LogP contribution in [-0.2, 0) is 30.9 Å². The van der Waals surface area contributed by atoms with Gasteiger partial charge in [0.15, 0.2) is 23.1 Å². The van der Waals surface area contributed by atoms with Crippen LogP contribution in [0.5, 0.6) is 11.5 Å². The summed E-state index contributed by atoms with van der Waals surface area (Å²) in [5.74, 6) is -1.58. The second-order valence-corrected chi connectivity index (χ2v) is 12.3. The van der Waals surface area contributed by atoms with E-state index in [1.807, 2.05) is 4.90 Å². The van der Waals surface area contributed by atoms with E-state index in [0.29, 0.717) is 60.8 Å². The zero-order valence-electron chi connectivity index (χ0n) is 24.1. The molecule has 2 aromatic carbocycles. The molecule has 43 heavy (non-hydrogen) atoms. The minimum Gasteiger partial charge on any atom is -0.490 e. The molecule has 2 aromatic rings. The smallest absolute Gasteiger partial charge is 0.339 e. The summed E-state index contributed by atoms with van der Waals surface area (Å²) in [5.41, 5.74) is 3.65. The highest BCUT2D eigenvalue weighted by Crippen LogP contribution is 2.51. The van der Waals surface area contributed by atoms with Crippen molar-refractivity contribution in [3.8, 4) is 11.5 Å². The number of carboxylic acid groups (broad SMARTS) is 1. The average molecular weight is 606 g/mol. The van der Waals surface area contributed by atoms with Crippen molar-refractivity contribution in [2.45, 2.75) is 69.1 Å². The van der Waals surface area contributed by atoms with Gasteiger partial charge in [0.1, 0.15) is 4.90 Å². The van der Waals surface area contributed by atoms with Crippen molar-refractivity contribution in [2.24, 2.45) is 0 Å². The summed E-state index contributed by atoms with van der Waals surface area (Å²) in [6.07, 6.45) is 4.86. The average Bonchev–Trinajstić information content (AvgIpc) is 2.98. The van der Waals surface area contributed by atoms with E-state index >= 15 is 0 Å². The van der Waals surface area contributed by atoms with Gasteiger partial charge < -0.3 is 18.9 Å². The largest absolute Gasteiger partial charge is 0.490 e. The number of carboxylic acids is 1. The Hall–Kier alpha value is -4.18. The van der Waals surface area contributed by atoms with Gasteiger partial charge in [0.25, 0.3) is 0 Å². The first-order valence-corrected chi connectivity index (χ1v) is 16.0. The van der Waals surface area contributed by atoms with Crippen LogP contribution in [0.1, 0.15) is 68.9 Å². The first-order chi connectivity index (χ1) is 20.7. The van der Waals surface area contributed by atoms with Gasteiger partial charge in [-0.2, -0.15) is 8.42 Å². The highest BCUT2D eigenvalue weighted by molar-refractivity contribution is 7.87. The number of carbonyl (C=O) groups excluding carboxylic acids is 2. The van der Waals surface area contributed by atoms with Crippen molar-refractivity contribution in [3.63, 3.8) is 0 Å². The first-order valence-electron chi connectivity index (χ1n) is 14.6. The lowest BCUT2D eigenvalue weighted by atomic mass is 9.70. The van der Waals surface area contributed by atoms with E-state index in [1.165, 1.54) is 12.1 Å². The van der Waals surface area contributed by atoms with Crippen molar-refractivity contribution in [1.29, 1.82) is 0 Å². The minimum absolute atomic E-state index is 0.00925. The third kappa shape index (κ3) is 6.01. The Bertz CT molecular complexity index is 1590. The van der Waals surface area contributed by atoms with E-state index in [2.05, 4.69) is 6.58 Å². The molecule has 0 bridgehead atoms. The van der Waals surface area contributed by atoms with Crippen LogP contribution in [0.25, 0.3) is 0 Å². The van der Waals surface area contributed by atoms with Gasteiger partial charge in [0, 0.05) is 53.4 Å². The van der Waals surface area contributed by atoms with Crippen molar-refractivity contribution in [2.75, 3.05) is 13.2 Å². The van der Waals surface area contributed by atoms with Crippen molar-refractivity contribution >= 4 is 27.7 Å². The van der Waals surface area contributed by atoms with E-state index in [4.69, 9.17) is 8.92 Å². The zero-order chi connectivity index (χ0) is 30.7. The van der Waals surface area contributed by atoms with Crippen LogP contribution in [0.2, 0.25) is 0 Å². The van der Waals surface area contributed by atoms with Crippen LogP contribution >= 0.6 is 0 Å².